The zero-order valence-corrected chi connectivity index (χ0v) is 22.8. The van der Waals surface area contributed by atoms with Crippen LogP contribution < -0.4 is 9.80 Å². The molecule has 2 aliphatic rings. The van der Waals surface area contributed by atoms with Crippen LogP contribution in [0.4, 0.5) is 11.4 Å². The lowest BCUT2D eigenvalue weighted by atomic mass is 9.77. The number of hydrazone groups is 1. The molecule has 200 valence electrons. The molecule has 7 heteroatoms. The summed E-state index contributed by atoms with van der Waals surface area (Å²) in [6.45, 7) is 0. The molecule has 0 aromatic heterocycles. The average Bonchev–Trinajstić information content (AvgIpc) is 3.33. The van der Waals surface area contributed by atoms with Crippen LogP contribution in [-0.4, -0.2) is 55.9 Å². The van der Waals surface area contributed by atoms with Crippen molar-refractivity contribution in [3.8, 4) is 0 Å². The standard InChI is InChI=1S/C32H34N4O3/c1-34(2)24-16-12-21(13-17-24)20-23-8-7-11-28-29(23)33-36(30(28)22-14-18-25(19-15-22)35(3)4)31(37)26-9-5-6-10-27(26)32(38)39/h5-6,9-10,12-20,28,30H,7-8,11H2,1-4H3,(H,38,39). The molecule has 2 unspecified atom stereocenters. The minimum Gasteiger partial charge on any atom is -0.478 e. The van der Waals surface area contributed by atoms with E-state index in [1.54, 1.807) is 18.2 Å². The molecular weight excluding hydrogens is 488 g/mol. The highest BCUT2D eigenvalue weighted by Crippen LogP contribution is 2.45. The molecule has 0 radical (unpaired) electrons. The molecule has 1 saturated carbocycles. The zero-order chi connectivity index (χ0) is 27.7. The Kier molecular flexibility index (Phi) is 7.24. The number of aromatic carboxylic acids is 1. The molecule has 3 aromatic rings. The minimum absolute atomic E-state index is 0.0176. The fraction of sp³-hybridized carbons (Fsp3) is 0.281. The SMILES string of the molecule is CN(C)c1ccc(C=C2CCCC3C2=NN(C(=O)c2ccccc2C(=O)O)C3c2ccc(N(C)C)cc2)cc1. The number of carboxylic acids is 1. The van der Waals surface area contributed by atoms with Gasteiger partial charge in [-0.3, -0.25) is 4.79 Å². The van der Waals surface area contributed by atoms with Crippen molar-refractivity contribution in [1.29, 1.82) is 0 Å². The number of carbonyl (C=O) groups is 2. The summed E-state index contributed by atoms with van der Waals surface area (Å²) in [5.74, 6) is -1.50. The highest BCUT2D eigenvalue weighted by atomic mass is 16.4. The second kappa shape index (κ2) is 10.8. The maximum Gasteiger partial charge on any atom is 0.336 e. The topological polar surface area (TPSA) is 76.4 Å². The fourth-order valence-electron chi connectivity index (χ4n) is 5.52. The first-order chi connectivity index (χ1) is 18.7. The zero-order valence-electron chi connectivity index (χ0n) is 22.8. The van der Waals surface area contributed by atoms with Gasteiger partial charge in [-0.15, -0.1) is 0 Å². The summed E-state index contributed by atoms with van der Waals surface area (Å²) in [7, 11) is 8.03. The summed E-state index contributed by atoms with van der Waals surface area (Å²) >= 11 is 0. The number of anilines is 2. The fourth-order valence-corrected chi connectivity index (χ4v) is 5.52. The average molecular weight is 523 g/mol. The van der Waals surface area contributed by atoms with Crippen molar-refractivity contribution in [2.75, 3.05) is 38.0 Å². The number of hydrogen-bond donors (Lipinski definition) is 1. The predicted molar refractivity (Wildman–Crippen MR) is 157 cm³/mol. The van der Waals surface area contributed by atoms with Gasteiger partial charge in [0.05, 0.1) is 22.9 Å². The van der Waals surface area contributed by atoms with Gasteiger partial charge in [-0.2, -0.15) is 5.10 Å². The molecule has 1 aliphatic carbocycles. The lowest BCUT2D eigenvalue weighted by molar-refractivity contribution is 0.0646. The molecule has 0 saturated heterocycles. The van der Waals surface area contributed by atoms with Crippen LogP contribution in [0.25, 0.3) is 6.08 Å². The first-order valence-corrected chi connectivity index (χ1v) is 13.2. The number of amides is 1. The van der Waals surface area contributed by atoms with Gasteiger partial charge in [0.2, 0.25) is 0 Å². The van der Waals surface area contributed by atoms with Gasteiger partial charge in [-0.25, -0.2) is 9.80 Å². The van der Waals surface area contributed by atoms with Gasteiger partial charge in [-0.05, 0) is 78.4 Å². The Balaban J connectivity index is 1.58. The number of carboxylic acid groups (broad SMARTS) is 1. The Labute approximate surface area is 229 Å². The minimum atomic E-state index is -1.13. The molecule has 5 rings (SSSR count). The molecule has 7 nitrogen and oxygen atoms in total. The van der Waals surface area contributed by atoms with Crippen LogP contribution in [0.5, 0.6) is 0 Å². The summed E-state index contributed by atoms with van der Waals surface area (Å²) in [6, 6.07) is 22.7. The summed E-state index contributed by atoms with van der Waals surface area (Å²) < 4.78 is 0. The third-order valence-corrected chi connectivity index (χ3v) is 7.60. The summed E-state index contributed by atoms with van der Waals surface area (Å²) in [5.41, 5.74) is 6.45. The van der Waals surface area contributed by atoms with E-state index in [1.165, 1.54) is 11.1 Å². The molecule has 1 fully saturated rings. The van der Waals surface area contributed by atoms with Crippen LogP contribution in [0.15, 0.2) is 83.5 Å². The van der Waals surface area contributed by atoms with E-state index in [1.807, 2.05) is 45.2 Å². The number of rotatable bonds is 6. The molecule has 2 atom stereocenters. The molecule has 1 N–H and O–H groups in total. The largest absolute Gasteiger partial charge is 0.478 e. The second-order valence-corrected chi connectivity index (χ2v) is 10.6. The van der Waals surface area contributed by atoms with E-state index >= 15 is 0 Å². The van der Waals surface area contributed by atoms with Gasteiger partial charge < -0.3 is 14.9 Å². The lowest BCUT2D eigenvalue weighted by Gasteiger charge is -2.30. The van der Waals surface area contributed by atoms with E-state index in [0.29, 0.717) is 0 Å². The van der Waals surface area contributed by atoms with Crippen LogP contribution >= 0.6 is 0 Å². The maximum absolute atomic E-state index is 14.0. The van der Waals surface area contributed by atoms with Crippen LogP contribution in [-0.2, 0) is 0 Å². The van der Waals surface area contributed by atoms with Crippen molar-refractivity contribution < 1.29 is 14.7 Å². The van der Waals surface area contributed by atoms with Crippen molar-refractivity contribution >= 4 is 35.0 Å². The summed E-state index contributed by atoms with van der Waals surface area (Å²) in [4.78, 5) is 30.0. The maximum atomic E-state index is 14.0. The Hall–Kier alpha value is -4.39. The van der Waals surface area contributed by atoms with E-state index in [2.05, 4.69) is 47.4 Å². The van der Waals surface area contributed by atoms with Crippen LogP contribution in [0.3, 0.4) is 0 Å². The van der Waals surface area contributed by atoms with E-state index in [9.17, 15) is 14.7 Å². The Morgan fingerprint density at radius 2 is 1.46 bits per heavy atom. The van der Waals surface area contributed by atoms with Gasteiger partial charge in [0.15, 0.2) is 0 Å². The number of allylic oxidation sites excluding steroid dienone is 1. The van der Waals surface area contributed by atoms with Crippen LogP contribution in [0, 0.1) is 5.92 Å². The molecule has 0 bridgehead atoms. The van der Waals surface area contributed by atoms with E-state index in [0.717, 1.165) is 53.0 Å². The number of fused-ring (bicyclic) bond motifs is 1. The van der Waals surface area contributed by atoms with Crippen LogP contribution in [0.1, 0.15) is 57.1 Å². The van der Waals surface area contributed by atoms with Crippen molar-refractivity contribution in [2.45, 2.75) is 25.3 Å². The van der Waals surface area contributed by atoms with E-state index in [-0.39, 0.29) is 23.1 Å². The van der Waals surface area contributed by atoms with E-state index < -0.39 is 11.9 Å². The highest BCUT2D eigenvalue weighted by Gasteiger charge is 2.44. The third-order valence-electron chi connectivity index (χ3n) is 7.60. The number of carbonyl (C=O) groups excluding carboxylic acids is 1. The molecule has 3 aromatic carbocycles. The normalized spacial score (nSPS) is 19.4. The van der Waals surface area contributed by atoms with Gasteiger partial charge >= 0.3 is 5.97 Å². The Bertz CT molecular complexity index is 1440. The van der Waals surface area contributed by atoms with Crippen molar-refractivity contribution in [2.24, 2.45) is 11.0 Å². The Morgan fingerprint density at radius 1 is 0.872 bits per heavy atom. The molecular formula is C32H34N4O3. The lowest BCUT2D eigenvalue weighted by Crippen LogP contribution is -2.32. The van der Waals surface area contributed by atoms with Gasteiger partial charge in [-0.1, -0.05) is 36.4 Å². The first-order valence-electron chi connectivity index (χ1n) is 13.2. The summed E-state index contributed by atoms with van der Waals surface area (Å²) in [6.07, 6.45) is 4.95. The van der Waals surface area contributed by atoms with Crippen LogP contribution in [0.2, 0.25) is 0 Å². The van der Waals surface area contributed by atoms with Gasteiger partial charge in [0.25, 0.3) is 5.91 Å². The number of benzene rings is 3. The van der Waals surface area contributed by atoms with Gasteiger partial charge in [0, 0.05) is 45.5 Å². The molecule has 0 spiro atoms. The Morgan fingerprint density at radius 3 is 2.05 bits per heavy atom. The molecule has 39 heavy (non-hydrogen) atoms. The molecule has 1 amide bonds. The van der Waals surface area contributed by atoms with Crippen molar-refractivity contribution in [1.82, 2.24) is 5.01 Å². The molecule has 1 aliphatic heterocycles. The summed E-state index contributed by atoms with van der Waals surface area (Å²) in [5, 5.41) is 16.2. The first kappa shape index (κ1) is 26.2. The highest BCUT2D eigenvalue weighted by molar-refractivity contribution is 6.10. The van der Waals surface area contributed by atoms with E-state index in [4.69, 9.17) is 5.10 Å². The van der Waals surface area contributed by atoms with Gasteiger partial charge in [0.1, 0.15) is 0 Å². The second-order valence-electron chi connectivity index (χ2n) is 10.6. The van der Waals surface area contributed by atoms with Crippen molar-refractivity contribution in [3.05, 3.63) is 101 Å². The number of nitrogens with zero attached hydrogens (tertiary/aromatic N) is 4. The van der Waals surface area contributed by atoms with Crippen molar-refractivity contribution in [3.63, 3.8) is 0 Å². The molecule has 1 heterocycles. The monoisotopic (exact) mass is 522 g/mol. The number of hydrogen-bond acceptors (Lipinski definition) is 5. The quantitative estimate of drug-likeness (QED) is 0.433. The predicted octanol–water partition coefficient (Wildman–Crippen LogP) is 5.95. The third kappa shape index (κ3) is 5.17. The smallest absolute Gasteiger partial charge is 0.336 e.